The first-order valence-corrected chi connectivity index (χ1v) is 11.0. The fraction of sp³-hybridized carbons (Fsp3) is 0.143. The maximum atomic E-state index is 14.0. The topological polar surface area (TPSA) is 104 Å². The third-order valence-electron chi connectivity index (χ3n) is 4.77. The van der Waals surface area contributed by atoms with E-state index in [1.165, 1.54) is 50.7 Å². The summed E-state index contributed by atoms with van der Waals surface area (Å²) in [6, 6.07) is 7.73. The number of cyclic esters (lactones) is 1. The highest BCUT2D eigenvalue weighted by Crippen LogP contribution is 2.37. The number of hydrogen-bond donors (Lipinski definition) is 1. The Labute approximate surface area is 188 Å². The van der Waals surface area contributed by atoms with Gasteiger partial charge in [0.05, 0.1) is 24.8 Å². The molecule has 1 aliphatic heterocycles. The molecule has 2 heterocycles. The summed E-state index contributed by atoms with van der Waals surface area (Å²) in [7, 11) is -1.75. The lowest BCUT2D eigenvalue weighted by molar-refractivity contribution is 0.0473. The fourth-order valence-electron chi connectivity index (χ4n) is 3.29. The lowest BCUT2D eigenvalue weighted by atomic mass is 10.0. The molecule has 2 aromatic carbocycles. The molecule has 3 aromatic rings. The number of fused-ring (bicyclic) bond motifs is 6. The predicted molar refractivity (Wildman–Crippen MR) is 114 cm³/mol. The largest absolute Gasteiger partial charge is 0.494 e. The average Bonchev–Trinajstić information content (AvgIpc) is 2.76. The van der Waals surface area contributed by atoms with E-state index in [-0.39, 0.29) is 39.4 Å². The monoisotopic (exact) mass is 478 g/mol. The van der Waals surface area contributed by atoms with Crippen molar-refractivity contribution in [2.75, 3.05) is 18.9 Å². The van der Waals surface area contributed by atoms with Gasteiger partial charge in [-0.3, -0.25) is 4.72 Å². The van der Waals surface area contributed by atoms with Gasteiger partial charge in [0.15, 0.2) is 5.75 Å². The van der Waals surface area contributed by atoms with Gasteiger partial charge in [0.2, 0.25) is 5.88 Å². The zero-order valence-electron chi connectivity index (χ0n) is 16.8. The number of sulfonamides is 1. The summed E-state index contributed by atoms with van der Waals surface area (Å²) < 4.78 is 58.6. The highest BCUT2D eigenvalue weighted by atomic mass is 35.5. The number of halogens is 2. The van der Waals surface area contributed by atoms with Crippen LogP contribution in [0, 0.1) is 5.82 Å². The molecule has 166 valence electrons. The third kappa shape index (κ3) is 3.94. The SMILES string of the molecule is COc1ncc2cc1NS(=O)(=O)c1cc(cc(Cl)c1OC)C(=O)OCc1ccc(F)cc1-2. The van der Waals surface area contributed by atoms with Crippen molar-refractivity contribution in [2.24, 2.45) is 0 Å². The standard InChI is InChI=1S/C21H16ClFN2O6S/c1-29-19-16(22)5-12-7-18(19)32(27,28)25-17-6-13(9-24-20(17)30-2)15-8-14(23)4-3-11(15)10-31-21(12)26/h3-9,25H,10H2,1-2H3. The number of carbonyl (C=O) groups excluding carboxylic acids is 1. The van der Waals surface area contributed by atoms with Crippen molar-refractivity contribution in [3.05, 3.63) is 64.6 Å². The van der Waals surface area contributed by atoms with Crippen LogP contribution in [0.5, 0.6) is 11.6 Å². The van der Waals surface area contributed by atoms with Crippen LogP contribution in [0.1, 0.15) is 15.9 Å². The van der Waals surface area contributed by atoms with Crippen LogP contribution in [0.15, 0.2) is 47.5 Å². The van der Waals surface area contributed by atoms with Gasteiger partial charge >= 0.3 is 5.97 Å². The maximum Gasteiger partial charge on any atom is 0.338 e. The van der Waals surface area contributed by atoms with Crippen LogP contribution in [0.4, 0.5) is 10.1 Å². The molecule has 1 aromatic heterocycles. The molecule has 32 heavy (non-hydrogen) atoms. The number of aromatic nitrogens is 1. The van der Waals surface area contributed by atoms with E-state index in [4.69, 9.17) is 25.8 Å². The Kier molecular flexibility index (Phi) is 5.66. The van der Waals surface area contributed by atoms with Crippen LogP contribution in [-0.2, 0) is 21.4 Å². The molecule has 0 radical (unpaired) electrons. The first kappa shape index (κ1) is 21.8. The Hall–Kier alpha value is -3.37. The van der Waals surface area contributed by atoms with Gasteiger partial charge in [-0.05, 0) is 41.5 Å². The van der Waals surface area contributed by atoms with Crippen molar-refractivity contribution in [3.63, 3.8) is 0 Å². The molecule has 4 bridgehead atoms. The van der Waals surface area contributed by atoms with Gasteiger partial charge in [-0.2, -0.15) is 0 Å². The van der Waals surface area contributed by atoms with Crippen molar-refractivity contribution in [1.82, 2.24) is 4.98 Å². The van der Waals surface area contributed by atoms with E-state index in [9.17, 15) is 17.6 Å². The molecular formula is C21H16ClFN2O6S. The number of ether oxygens (including phenoxy) is 3. The maximum absolute atomic E-state index is 14.0. The zero-order chi connectivity index (χ0) is 23.0. The van der Waals surface area contributed by atoms with Crippen molar-refractivity contribution in [1.29, 1.82) is 0 Å². The van der Waals surface area contributed by atoms with Crippen molar-refractivity contribution >= 4 is 33.3 Å². The Balaban J connectivity index is 2.01. The van der Waals surface area contributed by atoms with E-state index in [1.807, 2.05) is 0 Å². The Bertz CT molecular complexity index is 1350. The molecule has 0 saturated heterocycles. The molecule has 0 aliphatic carbocycles. The molecule has 8 nitrogen and oxygen atoms in total. The summed E-state index contributed by atoms with van der Waals surface area (Å²) in [5, 5.41) is -0.0986. The fourth-order valence-corrected chi connectivity index (χ4v) is 4.91. The van der Waals surface area contributed by atoms with E-state index < -0.39 is 21.8 Å². The summed E-state index contributed by atoms with van der Waals surface area (Å²) in [6.45, 7) is -0.199. The average molecular weight is 479 g/mol. The molecule has 11 heteroatoms. The van der Waals surface area contributed by atoms with E-state index in [1.54, 1.807) is 0 Å². The molecule has 0 fully saturated rings. The second-order valence-corrected chi connectivity index (χ2v) is 8.81. The molecule has 0 atom stereocenters. The summed E-state index contributed by atoms with van der Waals surface area (Å²) in [4.78, 5) is 16.4. The van der Waals surface area contributed by atoms with Gasteiger partial charge in [-0.1, -0.05) is 17.7 Å². The van der Waals surface area contributed by atoms with Crippen LogP contribution >= 0.6 is 11.6 Å². The Morgan fingerprint density at radius 1 is 1.12 bits per heavy atom. The second-order valence-electron chi connectivity index (χ2n) is 6.75. The van der Waals surface area contributed by atoms with Gasteiger partial charge in [0.25, 0.3) is 10.0 Å². The van der Waals surface area contributed by atoms with Crippen LogP contribution in [0.3, 0.4) is 0 Å². The van der Waals surface area contributed by atoms with E-state index in [0.717, 1.165) is 6.07 Å². The number of nitrogens with zero attached hydrogens (tertiary/aromatic N) is 1. The van der Waals surface area contributed by atoms with Gasteiger partial charge in [0.1, 0.15) is 23.0 Å². The highest BCUT2D eigenvalue weighted by Gasteiger charge is 2.27. The number of hydrogen-bond acceptors (Lipinski definition) is 7. The number of methoxy groups -OCH3 is 2. The van der Waals surface area contributed by atoms with Crippen LogP contribution in [0.25, 0.3) is 11.1 Å². The van der Waals surface area contributed by atoms with Crippen molar-refractivity contribution in [2.45, 2.75) is 11.5 Å². The summed E-state index contributed by atoms with van der Waals surface area (Å²) >= 11 is 6.19. The molecular weight excluding hydrogens is 463 g/mol. The van der Waals surface area contributed by atoms with Gasteiger partial charge in [-0.15, -0.1) is 0 Å². The zero-order valence-corrected chi connectivity index (χ0v) is 18.4. The lowest BCUT2D eigenvalue weighted by Crippen LogP contribution is -2.16. The third-order valence-corrected chi connectivity index (χ3v) is 6.42. The number of pyridine rings is 1. The number of nitrogens with one attached hydrogen (secondary N) is 1. The Morgan fingerprint density at radius 2 is 1.91 bits per heavy atom. The molecule has 0 amide bonds. The molecule has 0 spiro atoms. The van der Waals surface area contributed by atoms with Gasteiger partial charge in [-0.25, -0.2) is 22.6 Å². The summed E-state index contributed by atoms with van der Waals surface area (Å²) in [5.74, 6) is -1.51. The van der Waals surface area contributed by atoms with Crippen LogP contribution in [-0.4, -0.2) is 33.6 Å². The van der Waals surface area contributed by atoms with E-state index in [0.29, 0.717) is 16.7 Å². The van der Waals surface area contributed by atoms with Crippen molar-refractivity contribution < 1.29 is 31.8 Å². The minimum absolute atomic E-state index is 0.00437. The van der Waals surface area contributed by atoms with E-state index >= 15 is 0 Å². The normalized spacial score (nSPS) is 14.6. The lowest BCUT2D eigenvalue weighted by Gasteiger charge is -2.15. The minimum Gasteiger partial charge on any atom is -0.494 e. The number of carbonyl (C=O) groups is 1. The summed E-state index contributed by atoms with van der Waals surface area (Å²) in [6.07, 6.45) is 1.40. The number of esters is 1. The van der Waals surface area contributed by atoms with E-state index in [2.05, 4.69) is 9.71 Å². The van der Waals surface area contributed by atoms with Gasteiger partial charge in [0, 0.05) is 11.8 Å². The first-order valence-electron chi connectivity index (χ1n) is 9.14. The van der Waals surface area contributed by atoms with Crippen molar-refractivity contribution in [3.8, 4) is 22.8 Å². The number of anilines is 1. The number of benzene rings is 2. The van der Waals surface area contributed by atoms with Crippen LogP contribution < -0.4 is 14.2 Å². The molecule has 0 unspecified atom stereocenters. The molecule has 4 rings (SSSR count). The molecule has 1 N–H and O–H groups in total. The minimum atomic E-state index is -4.33. The predicted octanol–water partition coefficient (Wildman–Crippen LogP) is 4.03. The van der Waals surface area contributed by atoms with Gasteiger partial charge < -0.3 is 14.2 Å². The highest BCUT2D eigenvalue weighted by molar-refractivity contribution is 7.92. The number of rotatable bonds is 2. The van der Waals surface area contributed by atoms with Crippen LogP contribution in [0.2, 0.25) is 5.02 Å². The second kappa shape index (κ2) is 8.29. The first-order chi connectivity index (χ1) is 15.2. The smallest absolute Gasteiger partial charge is 0.338 e. The molecule has 0 saturated carbocycles. The molecule has 1 aliphatic rings. The summed E-state index contributed by atoms with van der Waals surface area (Å²) in [5.41, 5.74) is 1.13. The quantitative estimate of drug-likeness (QED) is 0.554. The Morgan fingerprint density at radius 3 is 2.62 bits per heavy atom.